The van der Waals surface area contributed by atoms with E-state index in [9.17, 15) is 13.2 Å². The van der Waals surface area contributed by atoms with E-state index in [4.69, 9.17) is 23.2 Å². The highest BCUT2D eigenvalue weighted by Crippen LogP contribution is 2.32. The van der Waals surface area contributed by atoms with Crippen LogP contribution in [0.25, 0.3) is 0 Å². The summed E-state index contributed by atoms with van der Waals surface area (Å²) in [6, 6.07) is 11.8. The van der Waals surface area contributed by atoms with Gasteiger partial charge in [-0.15, -0.1) is 0 Å². The average molecular weight is 413 g/mol. The minimum atomic E-state index is -3.94. The normalized spacial score (nSPS) is 16.8. The highest BCUT2D eigenvalue weighted by atomic mass is 35.5. The van der Waals surface area contributed by atoms with Gasteiger partial charge in [0, 0.05) is 23.8 Å². The third kappa shape index (κ3) is 3.47. The first-order valence-electron chi connectivity index (χ1n) is 8.03. The lowest BCUT2D eigenvalue weighted by molar-refractivity contribution is -0.118. The second-order valence-electron chi connectivity index (χ2n) is 6.28. The second-order valence-corrected chi connectivity index (χ2v) is 9.14. The zero-order chi connectivity index (χ0) is 19.1. The molecule has 8 heteroatoms. The summed E-state index contributed by atoms with van der Waals surface area (Å²) in [6.07, 6.45) is 0.749. The maximum Gasteiger partial charge on any atom is 0.244 e. The van der Waals surface area contributed by atoms with Gasteiger partial charge in [0.15, 0.2) is 0 Å². The van der Waals surface area contributed by atoms with Crippen molar-refractivity contribution in [3.05, 3.63) is 58.1 Å². The molecule has 5 nitrogen and oxygen atoms in total. The van der Waals surface area contributed by atoms with Crippen molar-refractivity contribution in [2.24, 2.45) is 0 Å². The van der Waals surface area contributed by atoms with Gasteiger partial charge in [-0.05, 0) is 43.2 Å². The second kappa shape index (κ2) is 7.19. The molecule has 0 radical (unpaired) electrons. The summed E-state index contributed by atoms with van der Waals surface area (Å²) >= 11 is 11.9. The largest absolute Gasteiger partial charge is 0.308 e. The Morgan fingerprint density at radius 3 is 2.65 bits per heavy atom. The van der Waals surface area contributed by atoms with Crippen molar-refractivity contribution in [2.75, 3.05) is 18.5 Å². The number of anilines is 1. The minimum Gasteiger partial charge on any atom is -0.308 e. The van der Waals surface area contributed by atoms with Crippen molar-refractivity contribution in [1.82, 2.24) is 4.31 Å². The number of nitrogens with zero attached hydrogens (tertiary/aromatic N) is 2. The standard InChI is InChI=1S/C18H18Cl2N2O3S/c1-12-9-13-5-3-4-6-16(13)22(12)18(23)11-21(2)26(24,25)17-10-14(19)7-8-15(17)20/h3-8,10,12H,9,11H2,1-2H3/t12-/m0/s1. The van der Waals surface area contributed by atoms with E-state index in [0.29, 0.717) is 0 Å². The van der Waals surface area contributed by atoms with Crippen LogP contribution in [0.4, 0.5) is 5.69 Å². The van der Waals surface area contributed by atoms with Crippen LogP contribution in [0.15, 0.2) is 47.4 Å². The molecule has 1 aliphatic rings. The van der Waals surface area contributed by atoms with Crippen LogP contribution in [0.1, 0.15) is 12.5 Å². The Kier molecular flexibility index (Phi) is 5.30. The van der Waals surface area contributed by atoms with Crippen LogP contribution in [0, 0.1) is 0 Å². The number of hydrogen-bond donors (Lipinski definition) is 0. The Hall–Kier alpha value is -1.60. The summed E-state index contributed by atoms with van der Waals surface area (Å²) in [7, 11) is -2.58. The molecule has 138 valence electrons. The Morgan fingerprint density at radius 1 is 1.23 bits per heavy atom. The first kappa shape index (κ1) is 19.2. The molecule has 0 fully saturated rings. The number of benzene rings is 2. The Bertz CT molecular complexity index is 963. The van der Waals surface area contributed by atoms with Gasteiger partial charge in [0.1, 0.15) is 4.90 Å². The van der Waals surface area contributed by atoms with Gasteiger partial charge in [-0.2, -0.15) is 4.31 Å². The lowest BCUT2D eigenvalue weighted by atomic mass is 10.1. The molecule has 0 aromatic heterocycles. The molecule has 0 saturated heterocycles. The summed E-state index contributed by atoms with van der Waals surface area (Å²) in [5.74, 6) is -0.285. The number of rotatable bonds is 4. The number of halogens is 2. The van der Waals surface area contributed by atoms with Crippen LogP contribution < -0.4 is 4.90 Å². The SMILES string of the molecule is C[C@H]1Cc2ccccc2N1C(=O)CN(C)S(=O)(=O)c1cc(Cl)ccc1Cl. The van der Waals surface area contributed by atoms with Crippen molar-refractivity contribution < 1.29 is 13.2 Å². The van der Waals surface area contributed by atoms with E-state index < -0.39 is 10.0 Å². The first-order chi connectivity index (χ1) is 12.2. The number of likely N-dealkylation sites (N-methyl/N-ethyl adjacent to an activating group) is 1. The zero-order valence-corrected chi connectivity index (χ0v) is 16.6. The highest BCUT2D eigenvalue weighted by molar-refractivity contribution is 7.89. The predicted octanol–water partition coefficient (Wildman–Crippen LogP) is 3.59. The fourth-order valence-corrected chi connectivity index (χ4v) is 4.99. The predicted molar refractivity (Wildman–Crippen MR) is 103 cm³/mol. The summed E-state index contributed by atoms with van der Waals surface area (Å²) in [4.78, 5) is 14.4. The summed E-state index contributed by atoms with van der Waals surface area (Å²) < 4.78 is 26.6. The Morgan fingerprint density at radius 2 is 1.92 bits per heavy atom. The molecule has 1 amide bonds. The molecule has 0 aliphatic carbocycles. The van der Waals surface area contributed by atoms with Crippen molar-refractivity contribution >= 4 is 44.8 Å². The van der Waals surface area contributed by atoms with Gasteiger partial charge in [-0.25, -0.2) is 8.42 Å². The minimum absolute atomic E-state index is 0.0224. The number of para-hydroxylation sites is 1. The summed E-state index contributed by atoms with van der Waals surface area (Å²) in [5, 5.41) is 0.323. The van der Waals surface area contributed by atoms with E-state index in [-0.39, 0.29) is 33.4 Å². The lowest BCUT2D eigenvalue weighted by Crippen LogP contribution is -2.43. The van der Waals surface area contributed by atoms with E-state index in [1.807, 2.05) is 31.2 Å². The van der Waals surface area contributed by atoms with Gasteiger partial charge in [0.05, 0.1) is 11.6 Å². The monoisotopic (exact) mass is 412 g/mol. The molecule has 0 saturated carbocycles. The number of hydrogen-bond acceptors (Lipinski definition) is 3. The van der Waals surface area contributed by atoms with E-state index >= 15 is 0 Å². The lowest BCUT2D eigenvalue weighted by Gasteiger charge is -2.25. The van der Waals surface area contributed by atoms with Gasteiger partial charge in [-0.3, -0.25) is 4.79 Å². The van der Waals surface area contributed by atoms with Crippen molar-refractivity contribution in [1.29, 1.82) is 0 Å². The number of carbonyl (C=O) groups is 1. The molecule has 2 aromatic rings. The van der Waals surface area contributed by atoms with Crippen LogP contribution in [0.2, 0.25) is 10.0 Å². The van der Waals surface area contributed by atoms with E-state index in [1.54, 1.807) is 4.90 Å². The number of amides is 1. The molecular formula is C18H18Cl2N2O3S. The number of fused-ring (bicyclic) bond motifs is 1. The van der Waals surface area contributed by atoms with Gasteiger partial charge in [-0.1, -0.05) is 41.4 Å². The third-order valence-corrected chi connectivity index (χ3v) is 6.94. The van der Waals surface area contributed by atoms with Crippen LogP contribution in [-0.4, -0.2) is 38.3 Å². The van der Waals surface area contributed by atoms with Gasteiger partial charge in [0.2, 0.25) is 15.9 Å². The number of sulfonamides is 1. The molecule has 0 N–H and O–H groups in total. The smallest absolute Gasteiger partial charge is 0.244 e. The van der Waals surface area contributed by atoms with E-state index in [1.165, 1.54) is 25.2 Å². The molecule has 1 heterocycles. The quantitative estimate of drug-likeness (QED) is 0.770. The summed E-state index contributed by atoms with van der Waals surface area (Å²) in [6.45, 7) is 1.66. The van der Waals surface area contributed by atoms with Gasteiger partial charge < -0.3 is 4.90 Å². The van der Waals surface area contributed by atoms with Crippen molar-refractivity contribution in [3.8, 4) is 0 Å². The maximum absolute atomic E-state index is 12.8. The fraction of sp³-hybridized carbons (Fsp3) is 0.278. The van der Waals surface area contributed by atoms with Crippen molar-refractivity contribution in [2.45, 2.75) is 24.3 Å². The molecule has 1 aliphatic heterocycles. The van der Waals surface area contributed by atoms with E-state index in [0.717, 1.165) is 22.0 Å². The van der Waals surface area contributed by atoms with Gasteiger partial charge >= 0.3 is 0 Å². The molecule has 1 atom stereocenters. The van der Waals surface area contributed by atoms with E-state index in [2.05, 4.69) is 0 Å². The third-order valence-electron chi connectivity index (χ3n) is 4.42. The fourth-order valence-electron chi connectivity index (χ4n) is 3.14. The summed E-state index contributed by atoms with van der Waals surface area (Å²) in [5.41, 5.74) is 1.91. The Balaban J connectivity index is 1.84. The van der Waals surface area contributed by atoms with Crippen LogP contribution in [0.5, 0.6) is 0 Å². The highest BCUT2D eigenvalue weighted by Gasteiger charge is 2.33. The van der Waals surface area contributed by atoms with Crippen LogP contribution in [0.3, 0.4) is 0 Å². The average Bonchev–Trinajstić information content (AvgIpc) is 2.92. The molecule has 0 bridgehead atoms. The zero-order valence-electron chi connectivity index (χ0n) is 14.3. The van der Waals surface area contributed by atoms with Crippen LogP contribution >= 0.6 is 23.2 Å². The van der Waals surface area contributed by atoms with Crippen molar-refractivity contribution in [3.63, 3.8) is 0 Å². The molecule has 26 heavy (non-hydrogen) atoms. The first-order valence-corrected chi connectivity index (χ1v) is 10.2. The molecule has 2 aromatic carbocycles. The topological polar surface area (TPSA) is 57.7 Å². The Labute approximate surface area is 163 Å². The molecular weight excluding hydrogens is 395 g/mol. The molecule has 3 rings (SSSR count). The molecule has 0 spiro atoms. The van der Waals surface area contributed by atoms with Crippen LogP contribution in [-0.2, 0) is 21.2 Å². The van der Waals surface area contributed by atoms with Gasteiger partial charge in [0.25, 0.3) is 0 Å². The maximum atomic E-state index is 12.8. The number of carbonyl (C=O) groups excluding carboxylic acids is 1. The molecule has 0 unspecified atom stereocenters.